The SMILES string of the molecule is COc1c(N2C[C@@H]3CCCN[C@@H]3C2)c(F)cc2c(=O)c(C(=O)OCC(=O)Nc3ccc(C(P(=O)(O)O)P(=O)(O)O)cc3)cn(C3CC3)c12. The van der Waals surface area contributed by atoms with Crippen LogP contribution in [-0.4, -0.2) is 75.4 Å². The molecule has 15 nitrogen and oxygen atoms in total. The first-order valence-corrected chi connectivity index (χ1v) is 18.6. The summed E-state index contributed by atoms with van der Waals surface area (Å²) in [5.74, 6) is -2.01. The molecule has 2 saturated heterocycles. The van der Waals surface area contributed by atoms with Gasteiger partial charge in [-0.05, 0) is 61.9 Å². The number of methoxy groups -OCH3 is 1. The Balaban J connectivity index is 1.21. The van der Waals surface area contributed by atoms with E-state index in [-0.39, 0.29) is 40.2 Å². The monoisotopic (exact) mass is 708 g/mol. The molecule has 258 valence electrons. The standard InChI is InChI=1S/C30H35FN4O11P2/c1-45-28-25-20(11-22(31)26(28)34-12-17-3-2-10-32-23(17)14-34)27(37)21(13-35(25)19-8-9-19)29(38)46-15-24(36)33-18-6-4-16(5-7-18)30(47(39,40)41)48(42,43)44/h4-7,11,13,17,19,23,30,32H,2-3,8-10,12,14-15H2,1H3,(H,33,36)(H2,39,40,41)(H2,42,43,44)/t17-,23+/m0/s1. The van der Waals surface area contributed by atoms with Gasteiger partial charge < -0.3 is 49.1 Å². The zero-order valence-electron chi connectivity index (χ0n) is 25.7. The molecule has 1 saturated carbocycles. The van der Waals surface area contributed by atoms with E-state index in [0.717, 1.165) is 62.6 Å². The molecule has 0 radical (unpaired) electrons. The quantitative estimate of drug-likeness (QED) is 0.132. The van der Waals surface area contributed by atoms with E-state index in [1.807, 2.05) is 4.90 Å². The average molecular weight is 709 g/mol. The number of nitrogens with zero attached hydrogens (tertiary/aromatic N) is 2. The molecule has 0 unspecified atom stereocenters. The van der Waals surface area contributed by atoms with Crippen molar-refractivity contribution in [3.63, 3.8) is 0 Å². The summed E-state index contributed by atoms with van der Waals surface area (Å²) < 4.78 is 51.8. The van der Waals surface area contributed by atoms with E-state index in [0.29, 0.717) is 24.5 Å². The number of carbonyl (C=O) groups is 2. The zero-order valence-corrected chi connectivity index (χ0v) is 27.5. The van der Waals surface area contributed by atoms with Crippen LogP contribution in [0.1, 0.15) is 53.0 Å². The summed E-state index contributed by atoms with van der Waals surface area (Å²) in [6.07, 6.45) is 4.97. The van der Waals surface area contributed by atoms with Crippen molar-refractivity contribution in [3.05, 3.63) is 63.7 Å². The van der Waals surface area contributed by atoms with Crippen molar-refractivity contribution in [2.75, 3.05) is 43.6 Å². The van der Waals surface area contributed by atoms with E-state index >= 15 is 4.39 Å². The molecular formula is C30H35FN4O11P2. The lowest BCUT2D eigenvalue weighted by Gasteiger charge is -2.25. The topological polar surface area (TPSA) is 217 Å². The van der Waals surface area contributed by atoms with Gasteiger partial charge in [-0.1, -0.05) is 12.1 Å². The first-order chi connectivity index (χ1) is 22.7. The summed E-state index contributed by atoms with van der Waals surface area (Å²) in [5.41, 5.74) is -0.801. The summed E-state index contributed by atoms with van der Waals surface area (Å²) in [6, 6.07) is 5.68. The molecule has 3 fully saturated rings. The van der Waals surface area contributed by atoms with Crippen LogP contribution in [0.2, 0.25) is 0 Å². The van der Waals surface area contributed by atoms with Crippen molar-refractivity contribution in [1.82, 2.24) is 9.88 Å². The zero-order chi connectivity index (χ0) is 34.5. The van der Waals surface area contributed by atoms with Crippen LogP contribution in [0.15, 0.2) is 41.3 Å². The molecule has 48 heavy (non-hydrogen) atoms. The number of rotatable bonds is 10. The number of pyridine rings is 1. The van der Waals surface area contributed by atoms with E-state index in [9.17, 15) is 43.1 Å². The second-order valence-electron chi connectivity index (χ2n) is 12.3. The number of anilines is 2. The van der Waals surface area contributed by atoms with Crippen LogP contribution < -0.4 is 25.7 Å². The Labute approximate surface area is 273 Å². The molecule has 6 N–H and O–H groups in total. The van der Waals surface area contributed by atoms with E-state index in [1.54, 1.807) is 4.57 Å². The van der Waals surface area contributed by atoms with Crippen LogP contribution in [0.25, 0.3) is 10.9 Å². The number of fused-ring (bicyclic) bond motifs is 2. The van der Waals surface area contributed by atoms with E-state index < -0.39 is 55.9 Å². The normalized spacial score (nSPS) is 19.8. The summed E-state index contributed by atoms with van der Waals surface area (Å²) in [6.45, 7) is 1.32. The second-order valence-corrected chi connectivity index (χ2v) is 16.1. The highest BCUT2D eigenvalue weighted by molar-refractivity contribution is 7.70. The number of hydrogen-bond donors (Lipinski definition) is 6. The third-order valence-electron chi connectivity index (χ3n) is 8.94. The smallest absolute Gasteiger partial charge is 0.345 e. The van der Waals surface area contributed by atoms with Crippen LogP contribution in [-0.2, 0) is 18.7 Å². The van der Waals surface area contributed by atoms with Crippen molar-refractivity contribution in [2.45, 2.75) is 43.2 Å². The van der Waals surface area contributed by atoms with Gasteiger partial charge in [0.15, 0.2) is 23.6 Å². The number of aromatic nitrogens is 1. The Morgan fingerprint density at radius 1 is 1.08 bits per heavy atom. The van der Waals surface area contributed by atoms with E-state index in [1.165, 1.54) is 13.3 Å². The summed E-state index contributed by atoms with van der Waals surface area (Å²) in [4.78, 5) is 78.9. The Hall–Kier alpha value is -3.62. The minimum Gasteiger partial charge on any atom is -0.492 e. The minimum atomic E-state index is -5.23. The van der Waals surface area contributed by atoms with Gasteiger partial charge in [0.25, 0.3) is 5.91 Å². The second kappa shape index (κ2) is 13.0. The third kappa shape index (κ3) is 6.79. The molecule has 0 spiro atoms. The van der Waals surface area contributed by atoms with Gasteiger partial charge in [0.1, 0.15) is 11.3 Å². The fraction of sp³-hybridized carbons (Fsp3) is 0.433. The summed E-state index contributed by atoms with van der Waals surface area (Å²) in [5, 5.41) is 3.45. The molecule has 2 atom stereocenters. The number of hydrogen-bond acceptors (Lipinski definition) is 9. The number of esters is 1. The van der Waals surface area contributed by atoms with Crippen LogP contribution in [0.3, 0.4) is 0 Å². The van der Waals surface area contributed by atoms with Crippen molar-refractivity contribution in [1.29, 1.82) is 0 Å². The molecule has 1 aliphatic carbocycles. The summed E-state index contributed by atoms with van der Waals surface area (Å²) >= 11 is 0. The first kappa shape index (κ1) is 34.3. The number of halogens is 1. The molecule has 6 rings (SSSR count). The van der Waals surface area contributed by atoms with Crippen LogP contribution in [0.4, 0.5) is 15.8 Å². The predicted molar refractivity (Wildman–Crippen MR) is 172 cm³/mol. The molecule has 1 amide bonds. The van der Waals surface area contributed by atoms with Gasteiger partial charge >= 0.3 is 21.2 Å². The molecule has 2 aliphatic heterocycles. The molecule has 1 aromatic heterocycles. The maximum atomic E-state index is 15.9. The molecular weight excluding hydrogens is 673 g/mol. The molecule has 3 aromatic rings. The molecule has 18 heteroatoms. The van der Waals surface area contributed by atoms with E-state index in [4.69, 9.17) is 9.47 Å². The number of ether oxygens (including phenoxy) is 2. The molecule has 3 aliphatic rings. The van der Waals surface area contributed by atoms with Gasteiger partial charge in [-0.3, -0.25) is 18.7 Å². The van der Waals surface area contributed by atoms with Crippen molar-refractivity contribution in [2.24, 2.45) is 5.92 Å². The lowest BCUT2D eigenvalue weighted by molar-refractivity contribution is -0.119. The molecule has 2 aromatic carbocycles. The summed E-state index contributed by atoms with van der Waals surface area (Å²) in [7, 11) is -9.03. The molecule has 3 heterocycles. The fourth-order valence-corrected chi connectivity index (χ4v) is 9.36. The largest absolute Gasteiger partial charge is 0.492 e. The van der Waals surface area contributed by atoms with Crippen LogP contribution in [0, 0.1) is 11.7 Å². The van der Waals surface area contributed by atoms with E-state index in [2.05, 4.69) is 10.6 Å². The van der Waals surface area contributed by atoms with Gasteiger partial charge in [-0.25, -0.2) is 9.18 Å². The Kier molecular flexibility index (Phi) is 9.28. The lowest BCUT2D eigenvalue weighted by atomic mass is 9.94. The highest BCUT2D eigenvalue weighted by atomic mass is 31.2. The Morgan fingerprint density at radius 3 is 2.38 bits per heavy atom. The van der Waals surface area contributed by atoms with Crippen LogP contribution in [0.5, 0.6) is 5.75 Å². The maximum Gasteiger partial charge on any atom is 0.345 e. The Morgan fingerprint density at radius 2 is 1.77 bits per heavy atom. The third-order valence-corrected chi connectivity index (χ3v) is 12.6. The van der Waals surface area contributed by atoms with Gasteiger partial charge in [-0.2, -0.15) is 0 Å². The fourth-order valence-electron chi connectivity index (χ4n) is 6.68. The Bertz CT molecular complexity index is 1890. The predicted octanol–water partition coefficient (Wildman–Crippen LogP) is 2.82. The first-order valence-electron chi connectivity index (χ1n) is 15.3. The number of nitrogens with one attached hydrogen (secondary N) is 2. The molecule has 0 bridgehead atoms. The number of benzene rings is 2. The van der Waals surface area contributed by atoms with Crippen molar-refractivity contribution >= 4 is 49.3 Å². The lowest BCUT2D eigenvalue weighted by Crippen LogP contribution is -2.40. The van der Waals surface area contributed by atoms with Crippen molar-refractivity contribution in [3.8, 4) is 5.75 Å². The minimum absolute atomic E-state index is 0.0577. The van der Waals surface area contributed by atoms with Gasteiger partial charge in [-0.15, -0.1) is 0 Å². The number of amides is 1. The van der Waals surface area contributed by atoms with Gasteiger partial charge in [0, 0.05) is 37.1 Å². The average Bonchev–Trinajstić information content (AvgIpc) is 3.77. The maximum absolute atomic E-state index is 15.9. The highest BCUT2D eigenvalue weighted by Crippen LogP contribution is 2.69. The van der Waals surface area contributed by atoms with Crippen molar-refractivity contribution < 1.29 is 52.2 Å². The van der Waals surface area contributed by atoms with Gasteiger partial charge in [0.05, 0.1) is 18.0 Å². The van der Waals surface area contributed by atoms with Crippen LogP contribution >= 0.6 is 15.2 Å². The number of carbonyl (C=O) groups excluding carboxylic acids is 2. The highest BCUT2D eigenvalue weighted by Gasteiger charge is 2.44. The number of piperidine rings is 1. The van der Waals surface area contributed by atoms with Gasteiger partial charge in [0.2, 0.25) is 5.43 Å².